The smallest absolute Gasteiger partial charge is 0.0846 e. The molecule has 1 unspecified atom stereocenters. The van der Waals surface area contributed by atoms with Gasteiger partial charge >= 0.3 is 0 Å². The van der Waals surface area contributed by atoms with Gasteiger partial charge in [-0.1, -0.05) is 41.9 Å². The minimum Gasteiger partial charge on any atom is -0.324 e. The van der Waals surface area contributed by atoms with Crippen LogP contribution in [0.15, 0.2) is 30.3 Å². The Labute approximate surface area is 119 Å². The molecule has 2 aromatic rings. The summed E-state index contributed by atoms with van der Waals surface area (Å²) in [6, 6.07) is 10.3. The molecule has 0 saturated heterocycles. The van der Waals surface area contributed by atoms with Gasteiger partial charge in [-0.05, 0) is 31.7 Å². The van der Waals surface area contributed by atoms with Crippen LogP contribution in [-0.2, 0) is 13.5 Å². The normalized spacial score (nSPS) is 12.6. The average molecular weight is 278 g/mol. The molecule has 0 aliphatic carbocycles. The largest absolute Gasteiger partial charge is 0.324 e. The van der Waals surface area contributed by atoms with E-state index in [4.69, 9.17) is 17.3 Å². The van der Waals surface area contributed by atoms with Gasteiger partial charge in [-0.15, -0.1) is 0 Å². The number of rotatable bonds is 5. The molecule has 102 valence electrons. The van der Waals surface area contributed by atoms with Gasteiger partial charge in [-0.3, -0.25) is 4.68 Å². The van der Waals surface area contributed by atoms with Crippen molar-refractivity contribution in [3.63, 3.8) is 0 Å². The van der Waals surface area contributed by atoms with Crippen molar-refractivity contribution in [3.05, 3.63) is 52.3 Å². The summed E-state index contributed by atoms with van der Waals surface area (Å²) in [5.74, 6) is 0. The third kappa shape index (κ3) is 3.37. The molecular formula is C15H20ClN3. The van der Waals surface area contributed by atoms with Gasteiger partial charge in [0.2, 0.25) is 0 Å². The lowest BCUT2D eigenvalue weighted by molar-refractivity contribution is 0.591. The van der Waals surface area contributed by atoms with E-state index in [2.05, 4.69) is 17.2 Å². The fourth-order valence-electron chi connectivity index (χ4n) is 2.31. The van der Waals surface area contributed by atoms with E-state index in [0.29, 0.717) is 0 Å². The monoisotopic (exact) mass is 277 g/mol. The minimum absolute atomic E-state index is 0.0919. The molecule has 1 aromatic heterocycles. The number of hydrogen-bond acceptors (Lipinski definition) is 2. The average Bonchev–Trinajstić information content (AvgIpc) is 2.66. The second-order valence-corrected chi connectivity index (χ2v) is 5.26. The molecule has 2 N–H and O–H groups in total. The third-order valence-electron chi connectivity index (χ3n) is 3.42. The van der Waals surface area contributed by atoms with E-state index >= 15 is 0 Å². The zero-order chi connectivity index (χ0) is 13.8. The van der Waals surface area contributed by atoms with E-state index in [1.807, 2.05) is 36.9 Å². The fourth-order valence-corrected chi connectivity index (χ4v) is 2.56. The lowest BCUT2D eigenvalue weighted by atomic mass is 10.0. The zero-order valence-corrected chi connectivity index (χ0v) is 12.2. The van der Waals surface area contributed by atoms with Gasteiger partial charge in [0, 0.05) is 13.1 Å². The van der Waals surface area contributed by atoms with Crippen molar-refractivity contribution in [1.82, 2.24) is 9.78 Å². The van der Waals surface area contributed by atoms with Gasteiger partial charge < -0.3 is 5.73 Å². The highest BCUT2D eigenvalue weighted by atomic mass is 35.5. The summed E-state index contributed by atoms with van der Waals surface area (Å²) in [6.07, 6.45) is 2.87. The highest BCUT2D eigenvalue weighted by Crippen LogP contribution is 2.23. The molecule has 2 rings (SSSR count). The molecular weight excluding hydrogens is 258 g/mol. The van der Waals surface area contributed by atoms with Crippen molar-refractivity contribution < 1.29 is 0 Å². The van der Waals surface area contributed by atoms with Crippen LogP contribution in [0.25, 0.3) is 0 Å². The lowest BCUT2D eigenvalue weighted by Crippen LogP contribution is -2.10. The molecule has 0 fully saturated rings. The van der Waals surface area contributed by atoms with Crippen molar-refractivity contribution in [2.75, 3.05) is 0 Å². The van der Waals surface area contributed by atoms with Crippen LogP contribution in [0, 0.1) is 6.92 Å². The third-order valence-corrected chi connectivity index (χ3v) is 3.91. The van der Waals surface area contributed by atoms with Gasteiger partial charge in [-0.25, -0.2) is 0 Å². The maximum absolute atomic E-state index is 6.23. The first kappa shape index (κ1) is 14.1. The van der Waals surface area contributed by atoms with Crippen LogP contribution >= 0.6 is 11.6 Å². The molecule has 0 amide bonds. The first-order chi connectivity index (χ1) is 9.09. The Morgan fingerprint density at radius 1 is 1.32 bits per heavy atom. The fraction of sp³-hybridized carbons (Fsp3) is 0.400. The van der Waals surface area contributed by atoms with E-state index < -0.39 is 0 Å². The molecule has 0 aliphatic heterocycles. The quantitative estimate of drug-likeness (QED) is 0.910. The number of nitrogens with zero attached hydrogens (tertiary/aromatic N) is 2. The van der Waals surface area contributed by atoms with Gasteiger partial charge in [0.15, 0.2) is 0 Å². The molecule has 1 atom stereocenters. The molecule has 1 heterocycles. The summed E-state index contributed by atoms with van der Waals surface area (Å²) in [6.45, 7) is 1.93. The lowest BCUT2D eigenvalue weighted by Gasteiger charge is -2.11. The van der Waals surface area contributed by atoms with Crippen molar-refractivity contribution >= 4 is 11.6 Å². The van der Waals surface area contributed by atoms with Gasteiger partial charge in [0.25, 0.3) is 0 Å². The van der Waals surface area contributed by atoms with E-state index in [0.717, 1.165) is 35.7 Å². The Morgan fingerprint density at radius 2 is 2.00 bits per heavy atom. The zero-order valence-electron chi connectivity index (χ0n) is 11.4. The molecule has 19 heavy (non-hydrogen) atoms. The second-order valence-electron chi connectivity index (χ2n) is 4.88. The Hall–Kier alpha value is -1.32. The predicted molar refractivity (Wildman–Crippen MR) is 79.3 cm³/mol. The maximum Gasteiger partial charge on any atom is 0.0846 e. The minimum atomic E-state index is 0.0919. The van der Waals surface area contributed by atoms with Crippen LogP contribution in [0.5, 0.6) is 0 Å². The first-order valence-electron chi connectivity index (χ1n) is 6.58. The van der Waals surface area contributed by atoms with E-state index in [1.165, 1.54) is 5.56 Å². The van der Waals surface area contributed by atoms with E-state index in [9.17, 15) is 0 Å². The Balaban J connectivity index is 1.90. The van der Waals surface area contributed by atoms with Crippen LogP contribution in [0.1, 0.15) is 35.8 Å². The summed E-state index contributed by atoms with van der Waals surface area (Å²) < 4.78 is 1.87. The first-order valence-corrected chi connectivity index (χ1v) is 6.96. The van der Waals surface area contributed by atoms with Crippen LogP contribution in [0.2, 0.25) is 5.02 Å². The van der Waals surface area contributed by atoms with Crippen LogP contribution in [0.4, 0.5) is 0 Å². The van der Waals surface area contributed by atoms with Gasteiger partial charge in [0.1, 0.15) is 0 Å². The number of benzene rings is 1. The molecule has 0 radical (unpaired) electrons. The SMILES string of the molecule is Cc1nn(C)c(CCCC(N)c2ccccc2)c1Cl. The molecule has 3 nitrogen and oxygen atoms in total. The van der Waals surface area contributed by atoms with Crippen molar-refractivity contribution in [3.8, 4) is 0 Å². The topological polar surface area (TPSA) is 43.8 Å². The summed E-state index contributed by atoms with van der Waals surface area (Å²) in [7, 11) is 1.94. The summed E-state index contributed by atoms with van der Waals surface area (Å²) in [5.41, 5.74) is 9.37. The standard InChI is InChI=1S/C15H20ClN3/c1-11-15(16)14(19(2)18-11)10-6-9-13(17)12-7-4-3-5-8-12/h3-5,7-8,13H,6,9-10,17H2,1-2H3. The highest BCUT2D eigenvalue weighted by molar-refractivity contribution is 6.31. The molecule has 0 spiro atoms. The Kier molecular flexibility index (Phi) is 4.61. The molecule has 4 heteroatoms. The van der Waals surface area contributed by atoms with Crippen LogP contribution in [0.3, 0.4) is 0 Å². The number of aromatic nitrogens is 2. The number of halogens is 1. The summed E-state index contributed by atoms with van der Waals surface area (Å²) in [5, 5.41) is 5.11. The van der Waals surface area contributed by atoms with Crippen molar-refractivity contribution in [2.45, 2.75) is 32.2 Å². The van der Waals surface area contributed by atoms with Crippen LogP contribution < -0.4 is 5.73 Å². The van der Waals surface area contributed by atoms with Crippen LogP contribution in [-0.4, -0.2) is 9.78 Å². The maximum atomic E-state index is 6.23. The van der Waals surface area contributed by atoms with E-state index in [-0.39, 0.29) is 6.04 Å². The molecule has 0 bridgehead atoms. The van der Waals surface area contributed by atoms with Crippen molar-refractivity contribution in [1.29, 1.82) is 0 Å². The summed E-state index contributed by atoms with van der Waals surface area (Å²) >= 11 is 6.23. The van der Waals surface area contributed by atoms with Crippen molar-refractivity contribution in [2.24, 2.45) is 12.8 Å². The second kappa shape index (κ2) is 6.22. The van der Waals surface area contributed by atoms with Gasteiger partial charge in [0.05, 0.1) is 16.4 Å². The highest BCUT2D eigenvalue weighted by Gasteiger charge is 2.12. The predicted octanol–water partition coefficient (Wildman–Crippen LogP) is 3.40. The molecule has 0 aliphatic rings. The number of aryl methyl sites for hydroxylation is 2. The molecule has 1 aromatic carbocycles. The van der Waals surface area contributed by atoms with E-state index in [1.54, 1.807) is 0 Å². The molecule has 0 saturated carbocycles. The Morgan fingerprint density at radius 3 is 2.58 bits per heavy atom. The summed E-state index contributed by atoms with van der Waals surface area (Å²) in [4.78, 5) is 0. The van der Waals surface area contributed by atoms with Gasteiger partial charge in [-0.2, -0.15) is 5.10 Å². The Bertz CT molecular complexity index is 534. The number of hydrogen-bond donors (Lipinski definition) is 1. The number of nitrogens with two attached hydrogens (primary N) is 1.